The number of hydrogen-bond donors (Lipinski definition) is 2. The number of aromatic amines is 1. The standard InChI is InChI=1S/C10H11F2N3O/c1-6(10(2,11)12)15-9(16)7-3-8(4-13)14-5-7/h3,5-6,14H,1-2H3,(H,15,16)/t6-/m0/s1. The van der Waals surface area contributed by atoms with Gasteiger partial charge in [-0.1, -0.05) is 0 Å². The van der Waals surface area contributed by atoms with E-state index in [0.29, 0.717) is 0 Å². The highest BCUT2D eigenvalue weighted by Gasteiger charge is 2.31. The van der Waals surface area contributed by atoms with Gasteiger partial charge in [0, 0.05) is 13.1 Å². The SMILES string of the molecule is C[C@H](NC(=O)c1c[nH]c(C#N)c1)C(C)(F)F. The van der Waals surface area contributed by atoms with Crippen molar-refractivity contribution in [1.29, 1.82) is 5.26 Å². The molecule has 86 valence electrons. The topological polar surface area (TPSA) is 68.7 Å². The average molecular weight is 227 g/mol. The summed E-state index contributed by atoms with van der Waals surface area (Å²) in [5, 5.41) is 10.7. The molecule has 0 saturated heterocycles. The zero-order valence-electron chi connectivity index (χ0n) is 8.84. The lowest BCUT2D eigenvalue weighted by molar-refractivity contribution is -0.0108. The minimum absolute atomic E-state index is 0.160. The molecule has 0 fully saturated rings. The Labute approximate surface area is 91.3 Å². The Balaban J connectivity index is 2.70. The Morgan fingerprint density at radius 2 is 2.31 bits per heavy atom. The van der Waals surface area contributed by atoms with E-state index in [1.807, 2.05) is 0 Å². The van der Waals surface area contributed by atoms with Gasteiger partial charge in [-0.2, -0.15) is 5.26 Å². The average Bonchev–Trinajstić information content (AvgIpc) is 2.64. The predicted molar refractivity (Wildman–Crippen MR) is 53.1 cm³/mol. The Hall–Kier alpha value is -1.90. The number of rotatable bonds is 3. The first-order valence-corrected chi connectivity index (χ1v) is 4.62. The van der Waals surface area contributed by atoms with Crippen molar-refractivity contribution in [2.24, 2.45) is 0 Å². The molecule has 1 rings (SSSR count). The maximum Gasteiger partial charge on any atom is 0.264 e. The number of H-pyrrole nitrogens is 1. The fourth-order valence-corrected chi connectivity index (χ4v) is 0.997. The van der Waals surface area contributed by atoms with Crippen LogP contribution in [0.15, 0.2) is 12.3 Å². The van der Waals surface area contributed by atoms with Gasteiger partial charge in [-0.25, -0.2) is 8.78 Å². The molecule has 0 bridgehead atoms. The van der Waals surface area contributed by atoms with E-state index in [2.05, 4.69) is 10.3 Å². The number of alkyl halides is 2. The van der Waals surface area contributed by atoms with E-state index in [1.54, 1.807) is 6.07 Å². The van der Waals surface area contributed by atoms with Crippen molar-refractivity contribution < 1.29 is 13.6 Å². The maximum atomic E-state index is 12.8. The van der Waals surface area contributed by atoms with Gasteiger partial charge in [-0.05, 0) is 13.0 Å². The van der Waals surface area contributed by atoms with E-state index in [-0.39, 0.29) is 11.3 Å². The molecular weight excluding hydrogens is 216 g/mol. The number of nitrogens with one attached hydrogen (secondary N) is 2. The maximum absolute atomic E-state index is 12.8. The highest BCUT2D eigenvalue weighted by molar-refractivity contribution is 5.94. The second kappa shape index (κ2) is 4.31. The third-order valence-corrected chi connectivity index (χ3v) is 2.17. The van der Waals surface area contributed by atoms with Crippen LogP contribution >= 0.6 is 0 Å². The summed E-state index contributed by atoms with van der Waals surface area (Å²) in [5.74, 6) is -3.61. The predicted octanol–water partition coefficient (Wildman–Crippen LogP) is 1.66. The van der Waals surface area contributed by atoms with Crippen molar-refractivity contribution in [3.63, 3.8) is 0 Å². The second-order valence-electron chi connectivity index (χ2n) is 3.57. The third kappa shape index (κ3) is 2.79. The monoisotopic (exact) mass is 227 g/mol. The summed E-state index contributed by atoms with van der Waals surface area (Å²) < 4.78 is 25.6. The molecule has 0 unspecified atom stereocenters. The summed E-state index contributed by atoms with van der Waals surface area (Å²) in [4.78, 5) is 14.0. The molecule has 2 N–H and O–H groups in total. The molecule has 6 heteroatoms. The molecule has 1 heterocycles. The molecular formula is C10H11F2N3O. The minimum atomic E-state index is -2.98. The number of nitrogens with zero attached hydrogens (tertiary/aromatic N) is 1. The first-order valence-electron chi connectivity index (χ1n) is 4.62. The Morgan fingerprint density at radius 1 is 1.69 bits per heavy atom. The van der Waals surface area contributed by atoms with Gasteiger partial charge in [0.2, 0.25) is 0 Å². The summed E-state index contributed by atoms with van der Waals surface area (Å²) in [6.07, 6.45) is 1.30. The van der Waals surface area contributed by atoms with Crippen LogP contribution in [0.2, 0.25) is 0 Å². The molecule has 0 radical (unpaired) electrons. The van der Waals surface area contributed by atoms with Crippen molar-refractivity contribution >= 4 is 5.91 Å². The van der Waals surface area contributed by atoms with Crippen LogP contribution in [0.4, 0.5) is 8.78 Å². The Bertz CT molecular complexity index is 428. The van der Waals surface area contributed by atoms with E-state index in [4.69, 9.17) is 5.26 Å². The van der Waals surface area contributed by atoms with Crippen LogP contribution in [0.3, 0.4) is 0 Å². The molecule has 0 aliphatic carbocycles. The Morgan fingerprint density at radius 3 is 2.75 bits per heavy atom. The molecule has 1 aromatic rings. The highest BCUT2D eigenvalue weighted by Crippen LogP contribution is 2.17. The van der Waals surface area contributed by atoms with Crippen LogP contribution in [0, 0.1) is 11.3 Å². The van der Waals surface area contributed by atoms with E-state index in [9.17, 15) is 13.6 Å². The zero-order chi connectivity index (χ0) is 12.3. The smallest absolute Gasteiger partial charge is 0.264 e. The lowest BCUT2D eigenvalue weighted by Crippen LogP contribution is -2.43. The van der Waals surface area contributed by atoms with Crippen LogP contribution in [0.1, 0.15) is 29.9 Å². The van der Waals surface area contributed by atoms with Crippen molar-refractivity contribution in [3.05, 3.63) is 23.5 Å². The van der Waals surface area contributed by atoms with Gasteiger partial charge in [0.25, 0.3) is 11.8 Å². The van der Waals surface area contributed by atoms with Gasteiger partial charge in [-0.15, -0.1) is 0 Å². The fraction of sp³-hybridized carbons (Fsp3) is 0.400. The molecule has 0 aliphatic heterocycles. The van der Waals surface area contributed by atoms with Crippen LogP contribution in [-0.2, 0) is 0 Å². The fourth-order valence-electron chi connectivity index (χ4n) is 0.997. The van der Waals surface area contributed by atoms with Gasteiger partial charge in [-0.3, -0.25) is 4.79 Å². The molecule has 0 aromatic carbocycles. The quantitative estimate of drug-likeness (QED) is 0.824. The minimum Gasteiger partial charge on any atom is -0.352 e. The van der Waals surface area contributed by atoms with Gasteiger partial charge < -0.3 is 10.3 Å². The summed E-state index contributed by atoms with van der Waals surface area (Å²) in [6, 6.07) is 1.84. The van der Waals surface area contributed by atoms with Crippen molar-refractivity contribution in [2.45, 2.75) is 25.8 Å². The summed E-state index contributed by atoms with van der Waals surface area (Å²) in [5.41, 5.74) is 0.369. The van der Waals surface area contributed by atoms with E-state index >= 15 is 0 Å². The molecule has 1 amide bonds. The van der Waals surface area contributed by atoms with E-state index < -0.39 is 17.9 Å². The lowest BCUT2D eigenvalue weighted by Gasteiger charge is -2.20. The van der Waals surface area contributed by atoms with Gasteiger partial charge in [0.05, 0.1) is 11.6 Å². The Kier molecular flexibility index (Phi) is 3.28. The summed E-state index contributed by atoms with van der Waals surface area (Å²) in [7, 11) is 0. The van der Waals surface area contributed by atoms with Crippen LogP contribution < -0.4 is 5.32 Å². The number of carbonyl (C=O) groups is 1. The van der Waals surface area contributed by atoms with Gasteiger partial charge in [0.1, 0.15) is 11.8 Å². The van der Waals surface area contributed by atoms with Crippen molar-refractivity contribution in [1.82, 2.24) is 10.3 Å². The number of nitriles is 1. The largest absolute Gasteiger partial charge is 0.352 e. The van der Waals surface area contributed by atoms with E-state index in [1.165, 1.54) is 19.2 Å². The summed E-state index contributed by atoms with van der Waals surface area (Å²) >= 11 is 0. The summed E-state index contributed by atoms with van der Waals surface area (Å²) in [6.45, 7) is 1.95. The third-order valence-electron chi connectivity index (χ3n) is 2.17. The van der Waals surface area contributed by atoms with E-state index in [0.717, 1.165) is 6.92 Å². The molecule has 1 atom stereocenters. The number of halogens is 2. The molecule has 16 heavy (non-hydrogen) atoms. The van der Waals surface area contributed by atoms with Gasteiger partial charge >= 0.3 is 0 Å². The van der Waals surface area contributed by atoms with Crippen molar-refractivity contribution in [2.75, 3.05) is 0 Å². The molecule has 1 aromatic heterocycles. The molecule has 0 saturated carbocycles. The molecule has 0 spiro atoms. The van der Waals surface area contributed by atoms with Crippen molar-refractivity contribution in [3.8, 4) is 6.07 Å². The lowest BCUT2D eigenvalue weighted by atomic mass is 10.2. The first kappa shape index (κ1) is 12.2. The number of amides is 1. The van der Waals surface area contributed by atoms with Crippen LogP contribution in [0.5, 0.6) is 0 Å². The molecule has 0 aliphatic rings. The number of aromatic nitrogens is 1. The number of hydrogen-bond acceptors (Lipinski definition) is 2. The highest BCUT2D eigenvalue weighted by atomic mass is 19.3. The zero-order valence-corrected chi connectivity index (χ0v) is 8.84. The van der Waals surface area contributed by atoms with Crippen LogP contribution in [-0.4, -0.2) is 22.9 Å². The van der Waals surface area contributed by atoms with Crippen LogP contribution in [0.25, 0.3) is 0 Å². The number of carbonyl (C=O) groups excluding carboxylic acids is 1. The normalized spacial score (nSPS) is 12.9. The molecule has 4 nitrogen and oxygen atoms in total. The second-order valence-corrected chi connectivity index (χ2v) is 3.57. The first-order chi connectivity index (χ1) is 7.34. The van der Waals surface area contributed by atoms with Gasteiger partial charge in [0.15, 0.2) is 0 Å².